The summed E-state index contributed by atoms with van der Waals surface area (Å²) in [6, 6.07) is 20.8. The van der Waals surface area contributed by atoms with Crippen molar-refractivity contribution in [3.63, 3.8) is 0 Å². The van der Waals surface area contributed by atoms with Gasteiger partial charge in [-0.05, 0) is 29.7 Å². The molecule has 0 saturated carbocycles. The van der Waals surface area contributed by atoms with Gasteiger partial charge in [0.05, 0.1) is 34.1 Å². The van der Waals surface area contributed by atoms with Crippen LogP contribution >= 0.6 is 11.3 Å². The van der Waals surface area contributed by atoms with Crippen molar-refractivity contribution >= 4 is 28.9 Å². The summed E-state index contributed by atoms with van der Waals surface area (Å²) < 4.78 is 12.4. The van der Waals surface area contributed by atoms with Crippen LogP contribution in [0.5, 0.6) is 11.5 Å². The molecular weight excluding hydrogens is 464 g/mol. The molecule has 0 bridgehead atoms. The Morgan fingerprint density at radius 3 is 2.46 bits per heavy atom. The van der Waals surface area contributed by atoms with Gasteiger partial charge in [0.2, 0.25) is 11.6 Å². The van der Waals surface area contributed by atoms with Crippen molar-refractivity contribution in [2.75, 3.05) is 6.79 Å². The first-order chi connectivity index (χ1) is 17.0. The Morgan fingerprint density at radius 1 is 1.06 bits per heavy atom. The highest BCUT2D eigenvalue weighted by Crippen LogP contribution is 2.37. The van der Waals surface area contributed by atoms with Crippen LogP contribution in [-0.4, -0.2) is 22.6 Å². The third kappa shape index (κ3) is 4.71. The summed E-state index contributed by atoms with van der Waals surface area (Å²) in [5, 5.41) is 18.3. The molecule has 176 valence electrons. The van der Waals surface area contributed by atoms with Crippen LogP contribution in [0.1, 0.15) is 30.9 Å². The van der Waals surface area contributed by atoms with E-state index in [1.807, 2.05) is 47.8 Å². The van der Waals surface area contributed by atoms with Gasteiger partial charge in [0.25, 0.3) is 5.69 Å². The van der Waals surface area contributed by atoms with Gasteiger partial charge in [0.15, 0.2) is 11.5 Å². The lowest BCUT2D eigenvalue weighted by molar-refractivity contribution is -0.385. The summed E-state index contributed by atoms with van der Waals surface area (Å²) in [4.78, 5) is 16.7. The molecule has 1 aromatic heterocycles. The largest absolute Gasteiger partial charge is 0.454 e. The van der Waals surface area contributed by atoms with E-state index >= 15 is 0 Å². The van der Waals surface area contributed by atoms with E-state index in [1.165, 1.54) is 29.2 Å². The maximum Gasteiger partial charge on any atom is 0.282 e. The fraction of sp³-hybridized carbons (Fsp3) is 0.154. The fourth-order valence-corrected chi connectivity index (χ4v) is 4.52. The normalized spacial score (nSPS) is 13.2. The molecule has 5 rings (SSSR count). The Kier molecular flexibility index (Phi) is 6.15. The lowest BCUT2D eigenvalue weighted by Crippen LogP contribution is -2.11. The Balaban J connectivity index is 1.62. The molecular formula is C26H22N4O4S. The Morgan fingerprint density at radius 2 is 1.77 bits per heavy atom. The molecule has 0 unspecified atom stereocenters. The second-order valence-corrected chi connectivity index (χ2v) is 9.04. The molecule has 35 heavy (non-hydrogen) atoms. The number of rotatable bonds is 6. The zero-order chi connectivity index (χ0) is 24.4. The summed E-state index contributed by atoms with van der Waals surface area (Å²) in [6.45, 7) is 4.33. The molecule has 9 heteroatoms. The maximum absolute atomic E-state index is 11.7. The monoisotopic (exact) mass is 486 g/mol. The highest BCUT2D eigenvalue weighted by molar-refractivity contribution is 7.07. The number of thiazole rings is 1. The highest BCUT2D eigenvalue weighted by atomic mass is 32.1. The van der Waals surface area contributed by atoms with Gasteiger partial charge >= 0.3 is 0 Å². The summed E-state index contributed by atoms with van der Waals surface area (Å²) in [6.07, 6.45) is 1.46. The minimum absolute atomic E-state index is 0.0309. The molecule has 0 fully saturated rings. The molecule has 0 radical (unpaired) electrons. The first-order valence-electron chi connectivity index (χ1n) is 11.0. The van der Waals surface area contributed by atoms with Crippen molar-refractivity contribution in [2.45, 2.75) is 19.8 Å². The fourth-order valence-electron chi connectivity index (χ4n) is 3.67. The SMILES string of the molecule is CC(C)c1ccc(N=c2scc(-c3ccccc3)n2N=Cc2cc3c(cc2[N+](=O)[O-])OCO3)cc1. The van der Waals surface area contributed by atoms with Gasteiger partial charge in [-0.2, -0.15) is 5.10 Å². The van der Waals surface area contributed by atoms with Crippen LogP contribution in [0.2, 0.25) is 0 Å². The predicted molar refractivity (Wildman–Crippen MR) is 136 cm³/mol. The van der Waals surface area contributed by atoms with Crippen LogP contribution in [0.15, 0.2) is 82.2 Å². The van der Waals surface area contributed by atoms with Gasteiger partial charge in [-0.1, -0.05) is 56.3 Å². The van der Waals surface area contributed by atoms with Crippen molar-refractivity contribution in [1.29, 1.82) is 0 Å². The Bertz CT molecular complexity index is 1470. The zero-order valence-corrected chi connectivity index (χ0v) is 19.9. The van der Waals surface area contributed by atoms with Gasteiger partial charge in [-0.3, -0.25) is 10.1 Å². The number of nitro benzene ring substituents is 1. The average molecular weight is 487 g/mol. The third-order valence-electron chi connectivity index (χ3n) is 5.57. The van der Waals surface area contributed by atoms with Crippen LogP contribution in [-0.2, 0) is 0 Å². The first-order valence-corrected chi connectivity index (χ1v) is 11.9. The molecule has 1 aliphatic heterocycles. The number of hydrogen-bond donors (Lipinski definition) is 0. The van der Waals surface area contributed by atoms with Gasteiger partial charge < -0.3 is 9.47 Å². The summed E-state index contributed by atoms with van der Waals surface area (Å²) in [5.41, 5.74) is 4.02. The van der Waals surface area contributed by atoms with E-state index in [-0.39, 0.29) is 12.5 Å². The summed E-state index contributed by atoms with van der Waals surface area (Å²) in [7, 11) is 0. The van der Waals surface area contributed by atoms with E-state index in [2.05, 4.69) is 31.1 Å². The van der Waals surface area contributed by atoms with Gasteiger partial charge in [-0.15, -0.1) is 11.3 Å². The van der Waals surface area contributed by atoms with Crippen LogP contribution in [0.4, 0.5) is 11.4 Å². The van der Waals surface area contributed by atoms with Crippen molar-refractivity contribution in [3.8, 4) is 22.8 Å². The molecule has 1 aliphatic rings. The molecule has 0 aliphatic carbocycles. The van der Waals surface area contributed by atoms with Crippen LogP contribution in [0.25, 0.3) is 11.3 Å². The van der Waals surface area contributed by atoms with E-state index in [0.29, 0.717) is 27.8 Å². The number of aromatic nitrogens is 1. The topological polar surface area (TPSA) is 91.2 Å². The molecule has 4 aromatic rings. The molecule has 0 saturated heterocycles. The zero-order valence-electron chi connectivity index (χ0n) is 19.1. The third-order valence-corrected chi connectivity index (χ3v) is 6.39. The number of ether oxygens (including phenoxy) is 2. The molecule has 8 nitrogen and oxygen atoms in total. The summed E-state index contributed by atoms with van der Waals surface area (Å²) >= 11 is 1.45. The van der Waals surface area contributed by atoms with Crippen LogP contribution in [0.3, 0.4) is 0 Å². The molecule has 3 aromatic carbocycles. The smallest absolute Gasteiger partial charge is 0.282 e. The molecule has 0 N–H and O–H groups in total. The number of benzene rings is 3. The van der Waals surface area contributed by atoms with E-state index in [9.17, 15) is 10.1 Å². The lowest BCUT2D eigenvalue weighted by atomic mass is 10.0. The Labute approximate surface area is 205 Å². The Hall–Kier alpha value is -4.24. The van der Waals surface area contributed by atoms with Gasteiger partial charge in [-0.25, -0.2) is 9.67 Å². The second kappa shape index (κ2) is 9.55. The van der Waals surface area contributed by atoms with E-state index in [0.717, 1.165) is 16.9 Å². The standard InChI is InChI=1S/C26H22N4O4S/c1-17(2)18-8-10-21(11-9-18)28-26-29(23(15-35-26)19-6-4-3-5-7-19)27-14-20-12-24-25(34-16-33-24)13-22(20)30(31)32/h3-15,17H,16H2,1-2H3. The van der Waals surface area contributed by atoms with Crippen molar-refractivity contribution in [1.82, 2.24) is 4.68 Å². The number of nitro groups is 1. The minimum atomic E-state index is -0.457. The van der Waals surface area contributed by atoms with Crippen LogP contribution in [0, 0.1) is 10.1 Å². The maximum atomic E-state index is 11.7. The van der Waals surface area contributed by atoms with Gasteiger partial charge in [0.1, 0.15) is 0 Å². The second-order valence-electron chi connectivity index (χ2n) is 8.21. The quantitative estimate of drug-likeness (QED) is 0.187. The average Bonchev–Trinajstić information content (AvgIpc) is 3.49. The molecule has 0 spiro atoms. The predicted octanol–water partition coefficient (Wildman–Crippen LogP) is 6.09. The summed E-state index contributed by atoms with van der Waals surface area (Å²) in [5.74, 6) is 1.23. The number of nitrogens with zero attached hydrogens (tertiary/aromatic N) is 4. The molecule has 2 heterocycles. The minimum Gasteiger partial charge on any atom is -0.454 e. The van der Waals surface area contributed by atoms with Crippen molar-refractivity contribution in [3.05, 3.63) is 98.2 Å². The van der Waals surface area contributed by atoms with E-state index < -0.39 is 4.92 Å². The lowest BCUT2D eigenvalue weighted by Gasteiger charge is -2.05. The highest BCUT2D eigenvalue weighted by Gasteiger charge is 2.22. The van der Waals surface area contributed by atoms with Crippen molar-refractivity contribution in [2.24, 2.45) is 10.1 Å². The number of hydrogen-bond acceptors (Lipinski definition) is 7. The van der Waals surface area contributed by atoms with Crippen molar-refractivity contribution < 1.29 is 14.4 Å². The number of fused-ring (bicyclic) bond motifs is 1. The van der Waals surface area contributed by atoms with Crippen LogP contribution < -0.4 is 14.3 Å². The van der Waals surface area contributed by atoms with E-state index in [1.54, 1.807) is 10.7 Å². The molecule has 0 atom stereocenters. The first kappa shape index (κ1) is 22.5. The van der Waals surface area contributed by atoms with E-state index in [4.69, 9.17) is 14.5 Å². The molecule has 0 amide bonds. The van der Waals surface area contributed by atoms with Gasteiger partial charge in [0, 0.05) is 10.9 Å².